The maximum absolute atomic E-state index is 14.1. The molecule has 5 aliphatic rings. The number of hydrogen-bond donors (Lipinski definition) is 2. The van der Waals surface area contributed by atoms with E-state index in [0.29, 0.717) is 17.3 Å². The van der Waals surface area contributed by atoms with Crippen molar-refractivity contribution in [2.24, 2.45) is 11.8 Å². The summed E-state index contributed by atoms with van der Waals surface area (Å²) in [5.41, 5.74) is 1.71. The third-order valence-corrected chi connectivity index (χ3v) is 9.78. The molecule has 0 radical (unpaired) electrons. The van der Waals surface area contributed by atoms with Gasteiger partial charge in [-0.3, -0.25) is 14.4 Å². The van der Waals surface area contributed by atoms with Crippen molar-refractivity contribution in [3.63, 3.8) is 0 Å². The van der Waals surface area contributed by atoms with Crippen LogP contribution in [0.3, 0.4) is 0 Å². The summed E-state index contributed by atoms with van der Waals surface area (Å²) in [5, 5.41) is 6.78. The van der Waals surface area contributed by atoms with Gasteiger partial charge in [-0.2, -0.15) is 0 Å². The molecule has 0 aromatic heterocycles. The van der Waals surface area contributed by atoms with Crippen LogP contribution in [0.2, 0.25) is 5.02 Å². The van der Waals surface area contributed by atoms with Gasteiger partial charge in [0.25, 0.3) is 0 Å². The van der Waals surface area contributed by atoms with Gasteiger partial charge in [-0.25, -0.2) is 0 Å². The fourth-order valence-corrected chi connectivity index (χ4v) is 7.51. The summed E-state index contributed by atoms with van der Waals surface area (Å²) in [6.45, 7) is 2.36. The van der Waals surface area contributed by atoms with Crippen molar-refractivity contribution in [2.75, 3.05) is 11.9 Å². The molecule has 3 aliphatic heterocycles. The van der Waals surface area contributed by atoms with E-state index in [4.69, 9.17) is 16.3 Å². The molecule has 5 atom stereocenters. The lowest BCUT2D eigenvalue weighted by molar-refractivity contribution is -0.141. The number of nitrogens with zero attached hydrogens (tertiary/aromatic N) is 1. The van der Waals surface area contributed by atoms with Crippen LogP contribution in [0.15, 0.2) is 42.0 Å². The molecular formula is C31H38ClN3O4. The van der Waals surface area contributed by atoms with Crippen LogP contribution in [0.1, 0.15) is 69.8 Å². The summed E-state index contributed by atoms with van der Waals surface area (Å²) in [7, 11) is 0. The number of carbonyl (C=O) groups is 3. The van der Waals surface area contributed by atoms with Gasteiger partial charge in [0.15, 0.2) is 0 Å². The minimum absolute atomic E-state index is 0.118. The molecule has 2 saturated heterocycles. The van der Waals surface area contributed by atoms with Gasteiger partial charge in [-0.05, 0) is 69.6 Å². The lowest BCUT2D eigenvalue weighted by atomic mass is 9.74. The molecule has 2 aliphatic carbocycles. The molecular weight excluding hydrogens is 514 g/mol. The van der Waals surface area contributed by atoms with Gasteiger partial charge in [0.1, 0.15) is 11.6 Å². The molecule has 3 heterocycles. The Labute approximate surface area is 235 Å². The van der Waals surface area contributed by atoms with Crippen LogP contribution in [0, 0.1) is 18.8 Å². The predicted octanol–water partition coefficient (Wildman–Crippen LogP) is 5.08. The number of aryl methyl sites for hydroxylation is 1. The molecule has 8 heteroatoms. The van der Waals surface area contributed by atoms with Gasteiger partial charge in [-0.1, -0.05) is 60.7 Å². The van der Waals surface area contributed by atoms with E-state index >= 15 is 0 Å². The highest BCUT2D eigenvalue weighted by molar-refractivity contribution is 6.31. The highest BCUT2D eigenvalue weighted by atomic mass is 35.5. The van der Waals surface area contributed by atoms with Crippen molar-refractivity contribution in [2.45, 2.75) is 94.9 Å². The molecule has 7 nitrogen and oxygen atoms in total. The monoisotopic (exact) mass is 551 g/mol. The predicted molar refractivity (Wildman–Crippen MR) is 150 cm³/mol. The number of carbonyl (C=O) groups excluding carboxylic acids is 3. The van der Waals surface area contributed by atoms with Crippen LogP contribution in [-0.2, 0) is 19.1 Å². The van der Waals surface area contributed by atoms with E-state index in [1.165, 1.54) is 18.4 Å². The maximum Gasteiger partial charge on any atom is 0.246 e. The lowest BCUT2D eigenvalue weighted by Crippen LogP contribution is -2.56. The Morgan fingerprint density at radius 2 is 1.95 bits per heavy atom. The Hall–Kier alpha value is -2.64. The van der Waals surface area contributed by atoms with Crippen molar-refractivity contribution in [3.8, 4) is 0 Å². The van der Waals surface area contributed by atoms with Crippen LogP contribution in [0.5, 0.6) is 0 Å². The maximum atomic E-state index is 14.1. The fourth-order valence-electron chi connectivity index (χ4n) is 7.33. The average molecular weight is 552 g/mol. The second-order valence-electron chi connectivity index (χ2n) is 11.9. The summed E-state index contributed by atoms with van der Waals surface area (Å²) in [6, 6.07) is 4.71. The van der Waals surface area contributed by atoms with E-state index in [9.17, 15) is 14.4 Å². The van der Waals surface area contributed by atoms with Crippen molar-refractivity contribution in [3.05, 3.63) is 52.6 Å². The number of amides is 3. The van der Waals surface area contributed by atoms with Gasteiger partial charge >= 0.3 is 0 Å². The van der Waals surface area contributed by atoms with Crippen molar-refractivity contribution in [1.29, 1.82) is 0 Å². The number of halogens is 1. The van der Waals surface area contributed by atoms with Crippen LogP contribution in [0.25, 0.3) is 0 Å². The number of ether oxygens (including phenoxy) is 1. The first kappa shape index (κ1) is 26.6. The second kappa shape index (κ2) is 10.7. The third kappa shape index (κ3) is 4.82. The summed E-state index contributed by atoms with van der Waals surface area (Å²) in [5.74, 6) is -2.06. The molecule has 3 amide bonds. The van der Waals surface area contributed by atoms with Crippen LogP contribution in [-0.4, -0.2) is 53.0 Å². The van der Waals surface area contributed by atoms with E-state index in [-0.39, 0.29) is 23.8 Å². The molecule has 3 fully saturated rings. The van der Waals surface area contributed by atoms with Crippen LogP contribution in [0.4, 0.5) is 5.69 Å². The first-order valence-electron chi connectivity index (χ1n) is 14.6. The van der Waals surface area contributed by atoms with Gasteiger partial charge in [0.2, 0.25) is 17.7 Å². The molecule has 1 spiro atoms. The minimum Gasteiger partial charge on any atom is -0.359 e. The largest absolute Gasteiger partial charge is 0.359 e. The minimum atomic E-state index is -1.13. The summed E-state index contributed by atoms with van der Waals surface area (Å²) >= 11 is 6.29. The topological polar surface area (TPSA) is 87.7 Å². The van der Waals surface area contributed by atoms with Gasteiger partial charge < -0.3 is 20.3 Å². The standard InChI is InChI=1S/C31H38ClN3O4/c1-19-12-13-22(18-23(19)32)34-28(36)25-24-14-16-31(39-24)26(25)30(38)35(17-15-20-8-4-2-5-9-20)27(31)29(37)33-21-10-6-3-7-11-21/h8,12-14,16,18,21,24-27H,2-7,9-11,15,17H2,1H3,(H,33,37)(H,34,36)/t24-,25-,26-,27+,31-/m0/s1. The molecule has 6 rings (SSSR count). The first-order chi connectivity index (χ1) is 18.9. The molecule has 1 saturated carbocycles. The number of nitrogens with one attached hydrogen (secondary N) is 2. The summed E-state index contributed by atoms with van der Waals surface area (Å²) < 4.78 is 6.48. The van der Waals surface area contributed by atoms with Crippen molar-refractivity contribution in [1.82, 2.24) is 10.2 Å². The highest BCUT2D eigenvalue weighted by Gasteiger charge is 2.72. The molecule has 1 aromatic carbocycles. The quantitative estimate of drug-likeness (QED) is 0.463. The zero-order valence-electron chi connectivity index (χ0n) is 22.6. The van der Waals surface area contributed by atoms with E-state index in [2.05, 4.69) is 16.7 Å². The summed E-state index contributed by atoms with van der Waals surface area (Å²) in [6.07, 6.45) is 16.0. The van der Waals surface area contributed by atoms with Gasteiger partial charge in [0.05, 0.1) is 17.9 Å². The zero-order valence-corrected chi connectivity index (χ0v) is 23.3. The van der Waals surface area contributed by atoms with Crippen LogP contribution < -0.4 is 10.6 Å². The Bertz CT molecular complexity index is 1220. The number of likely N-dealkylation sites (tertiary alicyclic amines) is 1. The number of allylic oxidation sites excluding steroid dienone is 1. The first-order valence-corrected chi connectivity index (χ1v) is 15.0. The van der Waals surface area contributed by atoms with Crippen LogP contribution >= 0.6 is 11.6 Å². The molecule has 1 aromatic rings. The molecule has 208 valence electrons. The average Bonchev–Trinajstić information content (AvgIpc) is 3.58. The Morgan fingerprint density at radius 1 is 1.13 bits per heavy atom. The fraction of sp³-hybridized carbons (Fsp3) is 0.581. The van der Waals surface area contributed by atoms with E-state index in [1.807, 2.05) is 25.1 Å². The molecule has 2 N–H and O–H groups in total. The molecule has 0 unspecified atom stereocenters. The number of anilines is 1. The lowest BCUT2D eigenvalue weighted by Gasteiger charge is -2.34. The normalized spacial score (nSPS) is 31.8. The third-order valence-electron chi connectivity index (χ3n) is 9.37. The molecule has 2 bridgehead atoms. The number of hydrogen-bond acceptors (Lipinski definition) is 4. The van der Waals surface area contributed by atoms with Gasteiger partial charge in [0, 0.05) is 23.3 Å². The summed E-state index contributed by atoms with van der Waals surface area (Å²) in [4.78, 5) is 43.4. The van der Waals surface area contributed by atoms with Crippen molar-refractivity contribution < 1.29 is 19.1 Å². The SMILES string of the molecule is Cc1ccc(NC(=O)[C@H]2[C@@H]3C=C[C@]4(O3)[C@@H]2C(=O)N(CCC2=CCCCC2)[C@@H]4C(=O)NC2CCCCC2)cc1Cl. The Kier molecular flexibility index (Phi) is 7.32. The number of benzene rings is 1. The second-order valence-corrected chi connectivity index (χ2v) is 12.3. The molecule has 39 heavy (non-hydrogen) atoms. The van der Waals surface area contributed by atoms with Crippen molar-refractivity contribution >= 4 is 35.0 Å². The zero-order chi connectivity index (χ0) is 27.1. The highest BCUT2D eigenvalue weighted by Crippen LogP contribution is 2.55. The Morgan fingerprint density at radius 3 is 2.69 bits per heavy atom. The number of rotatable bonds is 7. The van der Waals surface area contributed by atoms with E-state index in [1.54, 1.807) is 17.0 Å². The smallest absolute Gasteiger partial charge is 0.246 e. The number of fused-ring (bicyclic) bond motifs is 1. The van der Waals surface area contributed by atoms with Gasteiger partial charge in [-0.15, -0.1) is 0 Å². The van der Waals surface area contributed by atoms with E-state index in [0.717, 1.165) is 56.9 Å². The Balaban J connectivity index is 1.28. The van der Waals surface area contributed by atoms with E-state index < -0.39 is 29.6 Å².